The molecule has 2 aliphatic heterocycles. The van der Waals surface area contributed by atoms with Gasteiger partial charge in [-0.2, -0.15) is 0 Å². The van der Waals surface area contributed by atoms with E-state index in [0.29, 0.717) is 24.5 Å². The average molecular weight is 626 g/mol. The Morgan fingerprint density at radius 2 is 1.80 bits per heavy atom. The Kier molecular flexibility index (Phi) is 11.8. The lowest BCUT2D eigenvalue weighted by atomic mass is 10.1. The normalized spacial score (nSPS) is 17.8. The number of rotatable bonds is 11. The topological polar surface area (TPSA) is 149 Å². The molecule has 1 unspecified atom stereocenters. The first-order chi connectivity index (χ1) is 21.5. The lowest BCUT2D eigenvalue weighted by Crippen LogP contribution is -2.55. The number of hydrogen-bond acceptors (Lipinski definition) is 11. The van der Waals surface area contributed by atoms with Crippen LogP contribution in [-0.4, -0.2) is 101 Å². The van der Waals surface area contributed by atoms with E-state index in [1.165, 1.54) is 5.06 Å². The van der Waals surface area contributed by atoms with Gasteiger partial charge in [0, 0.05) is 43.8 Å². The molecule has 1 aromatic carbocycles. The molecule has 0 radical (unpaired) electrons. The van der Waals surface area contributed by atoms with Gasteiger partial charge in [0.25, 0.3) is 5.91 Å². The first-order valence-corrected chi connectivity index (χ1v) is 15.5. The number of carbonyl (C=O) groups is 4. The largest absolute Gasteiger partial charge is 0.527 e. The van der Waals surface area contributed by atoms with Crippen LogP contribution in [0.1, 0.15) is 69.6 Å². The molecule has 45 heavy (non-hydrogen) atoms. The maximum atomic E-state index is 13.7. The van der Waals surface area contributed by atoms with Crippen LogP contribution in [0.15, 0.2) is 36.4 Å². The maximum absolute atomic E-state index is 13.7. The highest BCUT2D eigenvalue weighted by molar-refractivity contribution is 5.96. The summed E-state index contributed by atoms with van der Waals surface area (Å²) in [6.45, 7) is 8.86. The predicted molar refractivity (Wildman–Crippen MR) is 163 cm³/mol. The lowest BCUT2D eigenvalue weighted by Gasteiger charge is -2.35. The Hall–Kier alpha value is -4.10. The fraction of sp³-hybridized carbons (Fsp3) is 0.562. The molecule has 0 aliphatic carbocycles. The zero-order valence-electron chi connectivity index (χ0n) is 26.5. The number of benzene rings is 1. The van der Waals surface area contributed by atoms with Crippen LogP contribution in [0.25, 0.3) is 11.4 Å². The molecule has 2 saturated heterocycles. The summed E-state index contributed by atoms with van der Waals surface area (Å²) in [5.41, 5.74) is 0.833. The van der Waals surface area contributed by atoms with Gasteiger partial charge in [0.15, 0.2) is 5.82 Å². The Bertz CT molecular complexity index is 1320. The van der Waals surface area contributed by atoms with E-state index in [-0.39, 0.29) is 63.3 Å². The quantitative estimate of drug-likeness (QED) is 0.367. The number of hydrogen-bond donors (Lipinski definition) is 1. The van der Waals surface area contributed by atoms with Crippen LogP contribution < -0.4 is 5.32 Å². The summed E-state index contributed by atoms with van der Waals surface area (Å²) in [5, 5.41) is 4.26. The average Bonchev–Trinajstić information content (AvgIpc) is 3.52. The van der Waals surface area contributed by atoms with E-state index >= 15 is 0 Å². The predicted octanol–water partition coefficient (Wildman–Crippen LogP) is 3.32. The monoisotopic (exact) mass is 625 g/mol. The fourth-order valence-electron chi connectivity index (χ4n) is 5.09. The molecule has 2 aromatic rings. The van der Waals surface area contributed by atoms with E-state index < -0.39 is 29.7 Å². The van der Waals surface area contributed by atoms with Crippen molar-refractivity contribution >= 4 is 23.9 Å². The van der Waals surface area contributed by atoms with Crippen LogP contribution in [0, 0.1) is 0 Å². The van der Waals surface area contributed by atoms with Crippen molar-refractivity contribution in [3.63, 3.8) is 0 Å². The third-order valence-electron chi connectivity index (χ3n) is 7.18. The van der Waals surface area contributed by atoms with Crippen molar-refractivity contribution in [2.75, 3.05) is 39.4 Å². The minimum atomic E-state index is -1.03. The Balaban J connectivity index is 1.52. The summed E-state index contributed by atoms with van der Waals surface area (Å²) >= 11 is 0. The van der Waals surface area contributed by atoms with Crippen molar-refractivity contribution in [2.45, 2.75) is 77.5 Å². The van der Waals surface area contributed by atoms with E-state index in [9.17, 15) is 19.2 Å². The zero-order chi connectivity index (χ0) is 32.4. The molecule has 0 bridgehead atoms. The molecule has 244 valence electrons. The molecule has 1 aromatic heterocycles. The van der Waals surface area contributed by atoms with Gasteiger partial charge in [-0.3, -0.25) is 14.4 Å². The number of piperazine rings is 1. The van der Waals surface area contributed by atoms with E-state index in [4.69, 9.17) is 24.0 Å². The van der Waals surface area contributed by atoms with Gasteiger partial charge in [0.2, 0.25) is 5.91 Å². The summed E-state index contributed by atoms with van der Waals surface area (Å²) in [6.07, 6.45) is 1.56. The van der Waals surface area contributed by atoms with E-state index in [1.807, 2.05) is 30.3 Å². The molecule has 1 N–H and O–H groups in total. The van der Waals surface area contributed by atoms with Crippen LogP contribution in [0.4, 0.5) is 4.79 Å². The number of carbonyl (C=O) groups excluding carboxylic acids is 4. The van der Waals surface area contributed by atoms with Crippen LogP contribution in [0.2, 0.25) is 0 Å². The Labute approximate surface area is 263 Å². The molecule has 0 saturated carbocycles. The van der Waals surface area contributed by atoms with E-state index in [2.05, 4.69) is 10.3 Å². The van der Waals surface area contributed by atoms with Crippen LogP contribution >= 0.6 is 0 Å². The summed E-state index contributed by atoms with van der Waals surface area (Å²) in [5.74, 6) is -1.00. The van der Waals surface area contributed by atoms with Gasteiger partial charge in [-0.25, -0.2) is 14.8 Å². The first-order valence-electron chi connectivity index (χ1n) is 15.5. The maximum Gasteiger partial charge on any atom is 0.527 e. The standard InChI is InChI=1S/C32H43N5O8/c1-5-42-31(41)45-37-17-15-36(16-18-37)30(40)25(13-14-27(38)44-32(2,3)4)35-29(39)26-21-23(20-24-12-9-19-43-24)33-28(34-26)22-10-7-6-8-11-22/h6-8,10-11,21,24-25H,5,9,12-20H2,1-4H3,(H,35,39)/t24-,25?/m0/s1. The molecular formula is C32H43N5O8. The van der Waals surface area contributed by atoms with Crippen LogP contribution in [0.5, 0.6) is 0 Å². The highest BCUT2D eigenvalue weighted by atomic mass is 16.8. The molecule has 2 aliphatic rings. The smallest absolute Gasteiger partial charge is 0.460 e. The van der Waals surface area contributed by atoms with E-state index in [0.717, 1.165) is 18.4 Å². The molecular weight excluding hydrogens is 582 g/mol. The number of aromatic nitrogens is 2. The van der Waals surface area contributed by atoms with Gasteiger partial charge >= 0.3 is 12.1 Å². The van der Waals surface area contributed by atoms with Gasteiger partial charge < -0.3 is 29.3 Å². The number of nitrogens with zero attached hydrogens (tertiary/aromatic N) is 4. The molecule has 13 heteroatoms. The number of amides is 2. The second kappa shape index (κ2) is 15.8. The summed E-state index contributed by atoms with van der Waals surface area (Å²) in [4.78, 5) is 67.7. The van der Waals surface area contributed by atoms with Crippen molar-refractivity contribution in [3.8, 4) is 11.4 Å². The number of nitrogens with one attached hydrogen (secondary N) is 1. The van der Waals surface area contributed by atoms with E-state index in [1.54, 1.807) is 38.7 Å². The lowest BCUT2D eigenvalue weighted by molar-refractivity contribution is -0.158. The third kappa shape index (κ3) is 10.5. The highest BCUT2D eigenvalue weighted by Gasteiger charge is 2.32. The van der Waals surface area contributed by atoms with Crippen molar-refractivity contribution in [3.05, 3.63) is 47.8 Å². The molecule has 13 nitrogen and oxygen atoms in total. The van der Waals surface area contributed by atoms with Gasteiger partial charge in [-0.1, -0.05) is 30.3 Å². The van der Waals surface area contributed by atoms with Crippen molar-refractivity contribution in [1.82, 2.24) is 25.2 Å². The summed E-state index contributed by atoms with van der Waals surface area (Å²) in [6, 6.07) is 9.96. The molecule has 2 fully saturated rings. The Morgan fingerprint density at radius 1 is 1.07 bits per heavy atom. The van der Waals surface area contributed by atoms with Crippen molar-refractivity contribution in [1.29, 1.82) is 0 Å². The fourth-order valence-corrected chi connectivity index (χ4v) is 5.09. The van der Waals surface area contributed by atoms with Crippen molar-refractivity contribution in [2.24, 2.45) is 0 Å². The number of hydroxylamine groups is 2. The highest BCUT2D eigenvalue weighted by Crippen LogP contribution is 2.21. The Morgan fingerprint density at radius 3 is 2.44 bits per heavy atom. The SMILES string of the molecule is CCOC(=O)ON1CCN(C(=O)C(CCC(=O)OC(C)(C)C)NC(=O)c2cc(C[C@@H]3CCCO3)nc(-c3ccccc3)n2)CC1. The van der Waals surface area contributed by atoms with Gasteiger partial charge in [0.05, 0.1) is 25.8 Å². The van der Waals surface area contributed by atoms with Gasteiger partial charge in [-0.15, -0.1) is 5.06 Å². The van der Waals surface area contributed by atoms with Gasteiger partial charge in [0.1, 0.15) is 17.3 Å². The van der Waals surface area contributed by atoms with Crippen LogP contribution in [0.3, 0.4) is 0 Å². The molecule has 3 heterocycles. The molecule has 2 atom stereocenters. The van der Waals surface area contributed by atoms with Crippen LogP contribution in [-0.2, 0) is 35.1 Å². The molecule has 2 amide bonds. The second-order valence-corrected chi connectivity index (χ2v) is 12.0. The second-order valence-electron chi connectivity index (χ2n) is 12.0. The zero-order valence-corrected chi connectivity index (χ0v) is 26.5. The minimum Gasteiger partial charge on any atom is -0.460 e. The van der Waals surface area contributed by atoms with Gasteiger partial charge in [-0.05, 0) is 53.0 Å². The first kappa shape index (κ1) is 33.8. The number of esters is 1. The summed E-state index contributed by atoms with van der Waals surface area (Å²) in [7, 11) is 0. The number of ether oxygens (including phenoxy) is 3. The molecule has 0 spiro atoms. The minimum absolute atomic E-state index is 0.00839. The van der Waals surface area contributed by atoms with Crippen molar-refractivity contribution < 1.29 is 38.2 Å². The third-order valence-corrected chi connectivity index (χ3v) is 7.18. The summed E-state index contributed by atoms with van der Waals surface area (Å²) < 4.78 is 16.1. The molecule has 4 rings (SSSR count).